The number of benzene rings is 1. The first-order valence-corrected chi connectivity index (χ1v) is 9.40. The number of rotatable bonds is 10. The molecule has 0 bridgehead atoms. The second-order valence-corrected chi connectivity index (χ2v) is 7.53. The van der Waals surface area contributed by atoms with Gasteiger partial charge in [0.15, 0.2) is 0 Å². The molecule has 120 valence electrons. The topological polar surface area (TPSA) is 55.4 Å². The van der Waals surface area contributed by atoms with Crippen molar-refractivity contribution >= 4 is 9.84 Å². The highest BCUT2D eigenvalue weighted by molar-refractivity contribution is 7.91. The zero-order valence-corrected chi connectivity index (χ0v) is 14.0. The van der Waals surface area contributed by atoms with Gasteiger partial charge < -0.3 is 10.1 Å². The highest BCUT2D eigenvalue weighted by Gasteiger charge is 2.22. The largest absolute Gasteiger partial charge is 0.372 e. The van der Waals surface area contributed by atoms with Gasteiger partial charge in [-0.2, -0.15) is 0 Å². The van der Waals surface area contributed by atoms with Gasteiger partial charge in [-0.15, -0.1) is 0 Å². The van der Waals surface area contributed by atoms with E-state index in [1.54, 1.807) is 6.92 Å². The molecule has 0 spiro atoms. The van der Waals surface area contributed by atoms with Gasteiger partial charge in [-0.3, -0.25) is 0 Å². The Hall–Kier alpha value is -0.910. The molecule has 0 heterocycles. The van der Waals surface area contributed by atoms with E-state index in [0.29, 0.717) is 13.0 Å². The summed E-state index contributed by atoms with van der Waals surface area (Å²) < 4.78 is 29.0. The lowest BCUT2D eigenvalue weighted by Crippen LogP contribution is -2.34. The summed E-state index contributed by atoms with van der Waals surface area (Å²) in [4.78, 5) is 0. The number of sulfone groups is 1. The van der Waals surface area contributed by atoms with Gasteiger partial charge in [0.2, 0.25) is 0 Å². The fraction of sp³-hybridized carbons (Fsp3) is 0.625. The first-order chi connectivity index (χ1) is 10.0. The first-order valence-electron chi connectivity index (χ1n) is 7.58. The van der Waals surface area contributed by atoms with Crippen molar-refractivity contribution in [1.82, 2.24) is 5.32 Å². The molecule has 1 aromatic rings. The summed E-state index contributed by atoms with van der Waals surface area (Å²) in [5.74, 6) is 0.458. The third-order valence-electron chi connectivity index (χ3n) is 3.62. The van der Waals surface area contributed by atoms with Crippen LogP contribution in [0.15, 0.2) is 30.3 Å². The second-order valence-electron chi connectivity index (χ2n) is 5.06. The van der Waals surface area contributed by atoms with Crippen LogP contribution in [-0.4, -0.2) is 39.6 Å². The first kappa shape index (κ1) is 18.1. The minimum atomic E-state index is -2.89. The van der Waals surface area contributed by atoms with Gasteiger partial charge in [0.25, 0.3) is 0 Å². The van der Waals surface area contributed by atoms with E-state index in [1.165, 1.54) is 0 Å². The molecule has 2 atom stereocenters. The second kappa shape index (κ2) is 9.18. The number of likely N-dealkylation sites (N-methyl/N-ethyl adjacent to an activating group) is 1. The Bertz CT molecular complexity index is 488. The highest BCUT2D eigenvalue weighted by atomic mass is 32.2. The Morgan fingerprint density at radius 2 is 1.86 bits per heavy atom. The molecule has 1 N–H and O–H groups in total. The van der Waals surface area contributed by atoms with E-state index in [0.717, 1.165) is 12.0 Å². The minimum Gasteiger partial charge on any atom is -0.372 e. The van der Waals surface area contributed by atoms with Crippen LogP contribution >= 0.6 is 0 Å². The lowest BCUT2D eigenvalue weighted by atomic mass is 9.98. The van der Waals surface area contributed by atoms with Crippen LogP contribution in [-0.2, 0) is 14.6 Å². The van der Waals surface area contributed by atoms with Crippen LogP contribution in [0.2, 0.25) is 0 Å². The van der Waals surface area contributed by atoms with E-state index in [2.05, 4.69) is 5.32 Å². The van der Waals surface area contributed by atoms with Gasteiger partial charge in [0.05, 0.1) is 11.9 Å². The Morgan fingerprint density at radius 3 is 2.38 bits per heavy atom. The average Bonchev–Trinajstić information content (AvgIpc) is 2.50. The van der Waals surface area contributed by atoms with Crippen LogP contribution < -0.4 is 5.32 Å². The predicted molar refractivity (Wildman–Crippen MR) is 87.2 cm³/mol. The summed E-state index contributed by atoms with van der Waals surface area (Å²) in [6.07, 6.45) is 1.37. The number of ether oxygens (including phenoxy) is 1. The van der Waals surface area contributed by atoms with Gasteiger partial charge in [0, 0.05) is 18.4 Å². The average molecular weight is 313 g/mol. The molecule has 1 aromatic carbocycles. The molecule has 0 amide bonds. The van der Waals surface area contributed by atoms with Crippen molar-refractivity contribution in [2.24, 2.45) is 0 Å². The number of hydrogen-bond donors (Lipinski definition) is 1. The smallest absolute Gasteiger partial charge is 0.150 e. The highest BCUT2D eigenvalue weighted by Crippen LogP contribution is 2.24. The van der Waals surface area contributed by atoms with Crippen LogP contribution in [0.1, 0.15) is 38.4 Å². The van der Waals surface area contributed by atoms with Crippen molar-refractivity contribution in [2.45, 2.75) is 38.8 Å². The van der Waals surface area contributed by atoms with Crippen molar-refractivity contribution in [3.8, 4) is 0 Å². The summed E-state index contributed by atoms with van der Waals surface area (Å²) >= 11 is 0. The standard InChI is InChI=1S/C16H27NO3S/c1-4-20-16(14-10-7-6-8-11-14)15(17-3)12-9-13-21(18,19)5-2/h6-8,10-11,15-17H,4-5,9,12-13H2,1-3H3. The normalized spacial score (nSPS) is 14.8. The van der Waals surface area contributed by atoms with Crippen LogP contribution in [0.25, 0.3) is 0 Å². The van der Waals surface area contributed by atoms with Crippen molar-refractivity contribution in [1.29, 1.82) is 0 Å². The van der Waals surface area contributed by atoms with E-state index in [9.17, 15) is 8.42 Å². The molecule has 0 aliphatic heterocycles. The number of hydrogen-bond acceptors (Lipinski definition) is 4. The third-order valence-corrected chi connectivity index (χ3v) is 5.41. The Morgan fingerprint density at radius 1 is 1.19 bits per heavy atom. The SMILES string of the molecule is CCOC(c1ccccc1)C(CCCS(=O)(=O)CC)NC. The fourth-order valence-corrected chi connectivity index (χ4v) is 3.28. The zero-order valence-electron chi connectivity index (χ0n) is 13.2. The molecule has 1 rings (SSSR count). The Labute approximate surface area is 128 Å². The van der Waals surface area contributed by atoms with Crippen LogP contribution in [0, 0.1) is 0 Å². The van der Waals surface area contributed by atoms with E-state index >= 15 is 0 Å². The van der Waals surface area contributed by atoms with Crippen molar-refractivity contribution in [3.05, 3.63) is 35.9 Å². The maximum Gasteiger partial charge on any atom is 0.150 e. The van der Waals surface area contributed by atoms with Crippen LogP contribution in [0.4, 0.5) is 0 Å². The lowest BCUT2D eigenvalue weighted by Gasteiger charge is -2.27. The quantitative estimate of drug-likeness (QED) is 0.721. The van der Waals surface area contributed by atoms with Gasteiger partial charge in [-0.25, -0.2) is 8.42 Å². The molecular formula is C16H27NO3S. The predicted octanol–water partition coefficient (Wildman–Crippen LogP) is 2.57. The Balaban J connectivity index is 2.70. The van der Waals surface area contributed by atoms with Crippen LogP contribution in [0.5, 0.6) is 0 Å². The van der Waals surface area contributed by atoms with E-state index in [1.807, 2.05) is 44.3 Å². The molecule has 5 heteroatoms. The van der Waals surface area contributed by atoms with E-state index < -0.39 is 9.84 Å². The molecule has 0 radical (unpaired) electrons. The van der Waals surface area contributed by atoms with Gasteiger partial charge in [-0.1, -0.05) is 37.3 Å². The lowest BCUT2D eigenvalue weighted by molar-refractivity contribution is 0.0328. The minimum absolute atomic E-state index is 0.0504. The third kappa shape index (κ3) is 6.16. The van der Waals surface area contributed by atoms with Crippen molar-refractivity contribution < 1.29 is 13.2 Å². The van der Waals surface area contributed by atoms with Crippen molar-refractivity contribution in [3.63, 3.8) is 0 Å². The summed E-state index contributed by atoms with van der Waals surface area (Å²) in [6, 6.07) is 10.2. The monoisotopic (exact) mass is 313 g/mol. The molecule has 0 saturated heterocycles. The molecular weight excluding hydrogens is 286 g/mol. The summed E-state index contributed by atoms with van der Waals surface area (Å²) in [5, 5.41) is 3.27. The molecule has 0 fully saturated rings. The molecule has 0 saturated carbocycles. The van der Waals surface area contributed by atoms with Gasteiger partial charge in [-0.05, 0) is 32.4 Å². The van der Waals surface area contributed by atoms with Crippen LogP contribution in [0.3, 0.4) is 0 Å². The molecule has 0 aliphatic rings. The molecule has 0 aromatic heterocycles. The summed E-state index contributed by atoms with van der Waals surface area (Å²) in [7, 11) is -0.998. The molecule has 21 heavy (non-hydrogen) atoms. The Kier molecular flexibility index (Phi) is 7.93. The molecule has 0 aliphatic carbocycles. The molecule has 4 nitrogen and oxygen atoms in total. The number of nitrogens with one attached hydrogen (secondary N) is 1. The van der Waals surface area contributed by atoms with Gasteiger partial charge in [0.1, 0.15) is 9.84 Å². The maximum absolute atomic E-state index is 11.6. The van der Waals surface area contributed by atoms with Crippen molar-refractivity contribution in [2.75, 3.05) is 25.2 Å². The fourth-order valence-electron chi connectivity index (χ4n) is 2.38. The molecule has 2 unspecified atom stereocenters. The summed E-state index contributed by atoms with van der Waals surface area (Å²) in [6.45, 7) is 4.30. The van der Waals surface area contributed by atoms with E-state index in [-0.39, 0.29) is 23.7 Å². The van der Waals surface area contributed by atoms with Gasteiger partial charge >= 0.3 is 0 Å². The maximum atomic E-state index is 11.6. The zero-order chi connectivity index (χ0) is 15.7. The summed E-state index contributed by atoms with van der Waals surface area (Å²) in [5.41, 5.74) is 1.12. The van der Waals surface area contributed by atoms with E-state index in [4.69, 9.17) is 4.74 Å².